The fourth-order valence-corrected chi connectivity index (χ4v) is 1.86. The van der Waals surface area contributed by atoms with E-state index in [0.29, 0.717) is 12.2 Å². The highest BCUT2D eigenvalue weighted by atomic mass is 16.4. The lowest BCUT2D eigenvalue weighted by atomic mass is 10.2. The van der Waals surface area contributed by atoms with E-state index in [1.54, 1.807) is 19.1 Å². The standard InChI is InChI=1S/C12H12N2O4/c1-2-13-10(15)7-14(12(13)18)9-5-3-4-8(6-9)11(16)17/h3-6H,2,7H2,1H3,(H,16,17). The van der Waals surface area contributed by atoms with Crippen LogP contribution in [0.3, 0.4) is 0 Å². The molecule has 18 heavy (non-hydrogen) atoms. The molecule has 1 N–H and O–H groups in total. The van der Waals surface area contributed by atoms with E-state index in [0.717, 1.165) is 4.90 Å². The molecule has 0 bridgehead atoms. The Kier molecular flexibility index (Phi) is 3.01. The molecule has 2 rings (SSSR count). The number of carboxylic acid groups (broad SMARTS) is 1. The van der Waals surface area contributed by atoms with Crippen molar-refractivity contribution >= 4 is 23.6 Å². The summed E-state index contributed by atoms with van der Waals surface area (Å²) in [5.41, 5.74) is 0.506. The third-order valence-electron chi connectivity index (χ3n) is 2.78. The van der Waals surface area contributed by atoms with E-state index >= 15 is 0 Å². The largest absolute Gasteiger partial charge is 0.478 e. The zero-order valence-electron chi connectivity index (χ0n) is 9.79. The molecule has 94 valence electrons. The van der Waals surface area contributed by atoms with Gasteiger partial charge in [0, 0.05) is 12.2 Å². The molecule has 0 aliphatic carbocycles. The summed E-state index contributed by atoms with van der Waals surface area (Å²) in [6, 6.07) is 5.56. The van der Waals surface area contributed by atoms with Crippen LogP contribution in [-0.4, -0.2) is 41.0 Å². The summed E-state index contributed by atoms with van der Waals surface area (Å²) in [4.78, 5) is 36.7. The number of carbonyl (C=O) groups is 3. The molecule has 3 amide bonds. The van der Waals surface area contributed by atoms with Gasteiger partial charge in [-0.3, -0.25) is 14.6 Å². The smallest absolute Gasteiger partial charge is 0.335 e. The van der Waals surface area contributed by atoms with E-state index in [2.05, 4.69) is 0 Å². The average molecular weight is 248 g/mol. The number of anilines is 1. The number of hydrogen-bond acceptors (Lipinski definition) is 3. The topological polar surface area (TPSA) is 77.9 Å². The van der Waals surface area contributed by atoms with Crippen molar-refractivity contribution in [1.29, 1.82) is 0 Å². The van der Waals surface area contributed by atoms with Gasteiger partial charge in [-0.15, -0.1) is 0 Å². The fourth-order valence-electron chi connectivity index (χ4n) is 1.86. The Balaban J connectivity index is 2.33. The summed E-state index contributed by atoms with van der Waals surface area (Å²) in [7, 11) is 0. The fraction of sp³-hybridized carbons (Fsp3) is 0.250. The minimum atomic E-state index is -1.07. The third-order valence-corrected chi connectivity index (χ3v) is 2.78. The van der Waals surface area contributed by atoms with Crippen molar-refractivity contribution in [1.82, 2.24) is 4.90 Å². The Morgan fingerprint density at radius 3 is 2.67 bits per heavy atom. The van der Waals surface area contributed by atoms with Crippen LogP contribution >= 0.6 is 0 Å². The second-order valence-corrected chi connectivity index (χ2v) is 3.86. The quantitative estimate of drug-likeness (QED) is 0.814. The molecular weight excluding hydrogens is 236 g/mol. The number of hydrogen-bond donors (Lipinski definition) is 1. The van der Waals surface area contributed by atoms with Crippen LogP contribution in [0.4, 0.5) is 10.5 Å². The van der Waals surface area contributed by atoms with Gasteiger partial charge in [0.25, 0.3) is 5.91 Å². The van der Waals surface area contributed by atoms with Crippen LogP contribution in [0.15, 0.2) is 24.3 Å². The van der Waals surface area contributed by atoms with Crippen molar-refractivity contribution in [2.45, 2.75) is 6.92 Å². The Bertz CT molecular complexity index is 527. The van der Waals surface area contributed by atoms with Gasteiger partial charge in [-0.1, -0.05) is 6.07 Å². The highest BCUT2D eigenvalue weighted by molar-refractivity contribution is 6.12. The van der Waals surface area contributed by atoms with Crippen LogP contribution in [0.1, 0.15) is 17.3 Å². The summed E-state index contributed by atoms with van der Waals surface area (Å²) in [5.74, 6) is -1.34. The number of amides is 3. The summed E-state index contributed by atoms with van der Waals surface area (Å²) in [6.45, 7) is 1.98. The third kappa shape index (κ3) is 1.92. The predicted molar refractivity (Wildman–Crippen MR) is 63.5 cm³/mol. The summed E-state index contributed by atoms with van der Waals surface area (Å²) < 4.78 is 0. The van der Waals surface area contributed by atoms with Crippen LogP contribution in [-0.2, 0) is 4.79 Å². The second-order valence-electron chi connectivity index (χ2n) is 3.86. The Morgan fingerprint density at radius 1 is 1.39 bits per heavy atom. The monoisotopic (exact) mass is 248 g/mol. The molecule has 0 unspecified atom stereocenters. The van der Waals surface area contributed by atoms with Crippen molar-refractivity contribution in [3.8, 4) is 0 Å². The lowest BCUT2D eigenvalue weighted by Gasteiger charge is -2.16. The van der Waals surface area contributed by atoms with Crippen LogP contribution in [0.25, 0.3) is 0 Å². The molecule has 0 atom stereocenters. The molecule has 1 saturated heterocycles. The van der Waals surface area contributed by atoms with E-state index in [1.165, 1.54) is 17.0 Å². The van der Waals surface area contributed by atoms with Gasteiger partial charge < -0.3 is 5.11 Å². The number of likely N-dealkylation sites (N-methyl/N-ethyl adjacent to an activating group) is 1. The van der Waals surface area contributed by atoms with Gasteiger partial charge in [0.2, 0.25) is 0 Å². The molecule has 0 radical (unpaired) electrons. The van der Waals surface area contributed by atoms with E-state index in [4.69, 9.17) is 5.11 Å². The Morgan fingerprint density at radius 2 is 2.11 bits per heavy atom. The maximum atomic E-state index is 11.9. The summed E-state index contributed by atoms with van der Waals surface area (Å²) in [6.07, 6.45) is 0. The number of imide groups is 1. The summed E-state index contributed by atoms with van der Waals surface area (Å²) >= 11 is 0. The number of benzene rings is 1. The lowest BCUT2D eigenvalue weighted by molar-refractivity contribution is -0.124. The van der Waals surface area contributed by atoms with Crippen molar-refractivity contribution in [3.05, 3.63) is 29.8 Å². The average Bonchev–Trinajstić information content (AvgIpc) is 2.64. The van der Waals surface area contributed by atoms with Gasteiger partial charge in [-0.2, -0.15) is 0 Å². The predicted octanol–water partition coefficient (Wildman–Crippen LogP) is 1.17. The minimum absolute atomic E-state index is 0.0459. The number of carboxylic acids is 1. The molecule has 1 aromatic rings. The molecule has 0 saturated carbocycles. The SMILES string of the molecule is CCN1C(=O)CN(c2cccc(C(=O)O)c2)C1=O. The highest BCUT2D eigenvalue weighted by Crippen LogP contribution is 2.22. The molecule has 1 aliphatic rings. The zero-order valence-corrected chi connectivity index (χ0v) is 9.79. The first-order valence-corrected chi connectivity index (χ1v) is 5.49. The van der Waals surface area contributed by atoms with Crippen molar-refractivity contribution < 1.29 is 19.5 Å². The van der Waals surface area contributed by atoms with Crippen molar-refractivity contribution in [3.63, 3.8) is 0 Å². The minimum Gasteiger partial charge on any atom is -0.478 e. The number of carbonyl (C=O) groups excluding carboxylic acids is 2. The van der Waals surface area contributed by atoms with E-state index in [-0.39, 0.29) is 18.0 Å². The molecule has 1 aliphatic heterocycles. The van der Waals surface area contributed by atoms with Gasteiger partial charge in [0.1, 0.15) is 6.54 Å². The van der Waals surface area contributed by atoms with Crippen LogP contribution in [0.2, 0.25) is 0 Å². The number of rotatable bonds is 3. The van der Waals surface area contributed by atoms with Gasteiger partial charge >= 0.3 is 12.0 Å². The molecule has 1 heterocycles. The number of urea groups is 1. The highest BCUT2D eigenvalue weighted by Gasteiger charge is 2.35. The number of aromatic carboxylic acids is 1. The molecule has 1 fully saturated rings. The lowest BCUT2D eigenvalue weighted by Crippen LogP contribution is -2.32. The Labute approximate surface area is 103 Å². The molecular formula is C12H12N2O4. The van der Waals surface area contributed by atoms with Gasteiger partial charge in [0.15, 0.2) is 0 Å². The first kappa shape index (κ1) is 12.1. The first-order chi connectivity index (χ1) is 8.54. The van der Waals surface area contributed by atoms with E-state index < -0.39 is 12.0 Å². The van der Waals surface area contributed by atoms with Gasteiger partial charge in [-0.05, 0) is 25.1 Å². The van der Waals surface area contributed by atoms with E-state index in [1.807, 2.05) is 0 Å². The van der Waals surface area contributed by atoms with E-state index in [9.17, 15) is 14.4 Å². The molecule has 0 aromatic heterocycles. The maximum Gasteiger partial charge on any atom is 0.335 e. The van der Waals surface area contributed by atoms with Crippen LogP contribution in [0, 0.1) is 0 Å². The zero-order chi connectivity index (χ0) is 13.3. The van der Waals surface area contributed by atoms with Gasteiger partial charge in [-0.25, -0.2) is 9.59 Å². The summed E-state index contributed by atoms with van der Waals surface area (Å²) in [5, 5.41) is 8.89. The molecule has 1 aromatic carbocycles. The second kappa shape index (κ2) is 4.48. The van der Waals surface area contributed by atoms with Crippen LogP contribution < -0.4 is 4.90 Å². The molecule has 6 heteroatoms. The van der Waals surface area contributed by atoms with Crippen molar-refractivity contribution in [2.24, 2.45) is 0 Å². The van der Waals surface area contributed by atoms with Gasteiger partial charge in [0.05, 0.1) is 5.56 Å². The Hall–Kier alpha value is -2.37. The van der Waals surface area contributed by atoms with Crippen molar-refractivity contribution in [2.75, 3.05) is 18.0 Å². The normalized spacial score (nSPS) is 15.4. The molecule has 0 spiro atoms. The number of nitrogens with zero attached hydrogens (tertiary/aromatic N) is 2. The van der Waals surface area contributed by atoms with Crippen LogP contribution in [0.5, 0.6) is 0 Å². The maximum absolute atomic E-state index is 11.9. The molecule has 6 nitrogen and oxygen atoms in total. The first-order valence-electron chi connectivity index (χ1n) is 5.49.